The molecule has 0 aromatic rings. The van der Waals surface area contributed by atoms with Gasteiger partial charge in [0.2, 0.25) is 0 Å². The lowest BCUT2D eigenvalue weighted by Gasteiger charge is -2.62. The second kappa shape index (κ2) is 21.6. The number of fused-ring (bicyclic) bond motifs is 8. The summed E-state index contributed by atoms with van der Waals surface area (Å²) < 4.78 is 0. The lowest BCUT2D eigenvalue weighted by molar-refractivity contribution is -0.133. The first kappa shape index (κ1) is 47.6. The molecule has 0 bridgehead atoms. The standard InChI is InChI=1S/C66H110N2/c1-5-17-51(18-6-1)67(52-19-7-2-8-20-52)55-37-39-57-47(41-55)33-29-45-31-35-49(43-63(45)57)65-59-25-13-15-27-61(59)66(62-28-16-14-26-60(62)65)50-36-32-46-30-34-48-42-56(38-40-58(48)64(46)44-50)68(53-21-9-3-10-22-53)54-23-11-4-12-24-54/h45-66H,1-44H2. The SMILES string of the molecule is C1CCC(N(C2CCCCC2)C2CCC3C(CCC4CCC(C5C6CCCCC6C(C6CCC7CCC8CC(N(C9CCCCC9)C9CCCCC9)CCC8C7C6)C6CCCCC65)CC43)C2)CC1. The Labute approximate surface area is 421 Å². The monoisotopic (exact) mass is 931 g/mol. The van der Waals surface area contributed by atoms with Crippen molar-refractivity contribution in [3.05, 3.63) is 0 Å². The van der Waals surface area contributed by atoms with Crippen molar-refractivity contribution >= 4 is 0 Å². The van der Waals surface area contributed by atoms with Crippen molar-refractivity contribution in [3.63, 3.8) is 0 Å². The van der Waals surface area contributed by atoms with Crippen LogP contribution in [0, 0.1) is 94.7 Å². The molecule has 16 atom stereocenters. The Balaban J connectivity index is 0.699. The second-order valence-electron chi connectivity index (χ2n) is 29.4. The smallest absolute Gasteiger partial charge is 0.0104 e. The summed E-state index contributed by atoms with van der Waals surface area (Å²) in [5.41, 5.74) is 0. The fourth-order valence-corrected chi connectivity index (χ4v) is 24.4. The van der Waals surface area contributed by atoms with E-state index in [-0.39, 0.29) is 0 Å². The minimum atomic E-state index is 0.937. The fraction of sp³-hybridized carbons (Fsp3) is 1.00. The molecule has 13 aliphatic rings. The van der Waals surface area contributed by atoms with Gasteiger partial charge >= 0.3 is 0 Å². The van der Waals surface area contributed by atoms with Gasteiger partial charge in [-0.2, -0.15) is 0 Å². The normalized spacial score (nSPS) is 48.1. The average Bonchev–Trinajstić information content (AvgIpc) is 3.41. The lowest BCUT2D eigenvalue weighted by Crippen LogP contribution is -2.56. The molecule has 13 rings (SSSR count). The maximum absolute atomic E-state index is 3.31. The summed E-state index contributed by atoms with van der Waals surface area (Å²) in [7, 11) is 0. The van der Waals surface area contributed by atoms with E-state index < -0.39 is 0 Å². The number of hydrogen-bond acceptors (Lipinski definition) is 2. The number of nitrogens with zero attached hydrogens (tertiary/aromatic N) is 2. The van der Waals surface area contributed by atoms with Crippen molar-refractivity contribution in [2.24, 2.45) is 94.7 Å². The van der Waals surface area contributed by atoms with E-state index in [0.29, 0.717) is 0 Å². The Morgan fingerprint density at radius 3 is 0.765 bits per heavy atom. The summed E-state index contributed by atoms with van der Waals surface area (Å²) in [4.78, 5) is 6.62. The van der Waals surface area contributed by atoms with E-state index >= 15 is 0 Å². The Kier molecular flexibility index (Phi) is 15.2. The van der Waals surface area contributed by atoms with Crippen molar-refractivity contribution in [1.29, 1.82) is 0 Å². The van der Waals surface area contributed by atoms with Crippen LogP contribution in [0.1, 0.15) is 283 Å². The molecular formula is C66H110N2. The van der Waals surface area contributed by atoms with Gasteiger partial charge in [-0.05, 0) is 274 Å². The average molecular weight is 932 g/mol. The van der Waals surface area contributed by atoms with Crippen LogP contribution in [0.3, 0.4) is 0 Å². The van der Waals surface area contributed by atoms with Gasteiger partial charge in [-0.3, -0.25) is 9.80 Å². The highest BCUT2D eigenvalue weighted by Crippen LogP contribution is 2.66. The van der Waals surface area contributed by atoms with Crippen LogP contribution in [0.25, 0.3) is 0 Å². The van der Waals surface area contributed by atoms with Gasteiger partial charge in [-0.15, -0.1) is 0 Å². The zero-order valence-corrected chi connectivity index (χ0v) is 44.7. The molecule has 13 saturated carbocycles. The van der Waals surface area contributed by atoms with Gasteiger partial charge in [0.1, 0.15) is 0 Å². The van der Waals surface area contributed by atoms with Crippen molar-refractivity contribution in [1.82, 2.24) is 9.80 Å². The van der Waals surface area contributed by atoms with E-state index in [2.05, 4.69) is 9.80 Å². The van der Waals surface area contributed by atoms with Gasteiger partial charge < -0.3 is 0 Å². The van der Waals surface area contributed by atoms with Gasteiger partial charge in [0.25, 0.3) is 0 Å². The van der Waals surface area contributed by atoms with Crippen molar-refractivity contribution in [3.8, 4) is 0 Å². The van der Waals surface area contributed by atoms with Gasteiger partial charge in [0.05, 0.1) is 0 Å². The van der Waals surface area contributed by atoms with E-state index in [9.17, 15) is 0 Å². The maximum Gasteiger partial charge on any atom is 0.0104 e. The van der Waals surface area contributed by atoms with E-state index in [0.717, 1.165) is 131 Å². The molecule has 384 valence electrons. The van der Waals surface area contributed by atoms with Crippen LogP contribution in [0.2, 0.25) is 0 Å². The van der Waals surface area contributed by atoms with Gasteiger partial charge in [0.15, 0.2) is 0 Å². The lowest BCUT2D eigenvalue weighted by atomic mass is 9.43. The highest BCUT2D eigenvalue weighted by Gasteiger charge is 2.58. The summed E-state index contributed by atoms with van der Waals surface area (Å²) in [5.74, 6) is 17.6. The van der Waals surface area contributed by atoms with Crippen LogP contribution < -0.4 is 0 Å². The van der Waals surface area contributed by atoms with E-state index in [1.165, 1.54) is 128 Å². The summed E-state index contributed by atoms with van der Waals surface area (Å²) >= 11 is 0. The molecule has 68 heavy (non-hydrogen) atoms. The zero-order valence-electron chi connectivity index (χ0n) is 44.7. The minimum Gasteiger partial charge on any atom is -0.294 e. The largest absolute Gasteiger partial charge is 0.294 e. The van der Waals surface area contributed by atoms with Gasteiger partial charge in [-0.1, -0.05) is 103 Å². The van der Waals surface area contributed by atoms with Crippen molar-refractivity contribution < 1.29 is 0 Å². The molecule has 0 heterocycles. The topological polar surface area (TPSA) is 6.48 Å². The van der Waals surface area contributed by atoms with Gasteiger partial charge in [0, 0.05) is 36.3 Å². The molecule has 13 fully saturated rings. The summed E-state index contributed by atoms with van der Waals surface area (Å²) in [6.45, 7) is 0. The molecule has 0 amide bonds. The predicted octanol–water partition coefficient (Wildman–Crippen LogP) is 18.0. The first-order valence-corrected chi connectivity index (χ1v) is 33.3. The van der Waals surface area contributed by atoms with Crippen LogP contribution in [-0.2, 0) is 0 Å². The predicted molar refractivity (Wildman–Crippen MR) is 285 cm³/mol. The molecule has 0 aromatic heterocycles. The van der Waals surface area contributed by atoms with E-state index in [1.807, 2.05) is 0 Å². The van der Waals surface area contributed by atoms with E-state index in [1.54, 1.807) is 154 Å². The highest BCUT2D eigenvalue weighted by molar-refractivity contribution is 5.08. The molecule has 0 aromatic carbocycles. The Bertz CT molecular complexity index is 1400. The van der Waals surface area contributed by atoms with E-state index in [4.69, 9.17) is 0 Å². The molecule has 0 aliphatic heterocycles. The highest BCUT2D eigenvalue weighted by atomic mass is 15.2. The van der Waals surface area contributed by atoms with Crippen LogP contribution in [0.15, 0.2) is 0 Å². The van der Waals surface area contributed by atoms with Crippen molar-refractivity contribution in [2.45, 2.75) is 319 Å². The quantitative estimate of drug-likeness (QED) is 0.239. The Morgan fingerprint density at radius 2 is 0.441 bits per heavy atom. The third-order valence-electron chi connectivity index (χ3n) is 26.8. The van der Waals surface area contributed by atoms with Crippen LogP contribution in [-0.4, -0.2) is 46.1 Å². The Hall–Kier alpha value is -0.0800. The molecule has 0 saturated heterocycles. The van der Waals surface area contributed by atoms with Crippen LogP contribution in [0.4, 0.5) is 0 Å². The zero-order chi connectivity index (χ0) is 45.0. The molecule has 2 heteroatoms. The maximum atomic E-state index is 3.31. The van der Waals surface area contributed by atoms with Crippen LogP contribution in [0.5, 0.6) is 0 Å². The minimum absolute atomic E-state index is 0.937. The van der Waals surface area contributed by atoms with Gasteiger partial charge in [-0.25, -0.2) is 0 Å². The fourth-order valence-electron chi connectivity index (χ4n) is 24.4. The number of hydrogen-bond donors (Lipinski definition) is 0. The Morgan fingerprint density at radius 1 is 0.162 bits per heavy atom. The first-order valence-electron chi connectivity index (χ1n) is 33.3. The molecule has 0 radical (unpaired) electrons. The molecule has 0 N–H and O–H groups in total. The molecule has 2 nitrogen and oxygen atoms in total. The second-order valence-corrected chi connectivity index (χ2v) is 29.4. The molecule has 0 spiro atoms. The first-order chi connectivity index (χ1) is 33.7. The number of rotatable bonds is 8. The molecular weight excluding hydrogens is 821 g/mol. The summed E-state index contributed by atoms with van der Waals surface area (Å²) in [5, 5.41) is 0. The molecule has 16 unspecified atom stereocenters. The van der Waals surface area contributed by atoms with Crippen LogP contribution >= 0.6 is 0 Å². The third-order valence-corrected chi connectivity index (χ3v) is 26.8. The van der Waals surface area contributed by atoms with Crippen molar-refractivity contribution in [2.75, 3.05) is 0 Å². The summed E-state index contributed by atoms with van der Waals surface area (Å²) in [6, 6.07) is 5.63. The summed E-state index contributed by atoms with van der Waals surface area (Å²) in [6.07, 6.45) is 69.5. The third kappa shape index (κ3) is 9.40. The molecule has 13 aliphatic carbocycles.